The van der Waals surface area contributed by atoms with Gasteiger partial charge in [-0.3, -0.25) is 4.79 Å². The van der Waals surface area contributed by atoms with Crippen LogP contribution in [0, 0.1) is 0 Å². The minimum atomic E-state index is -0.239. The van der Waals surface area contributed by atoms with Crippen LogP contribution in [0.1, 0.15) is 5.76 Å². The molecule has 0 spiro atoms. The van der Waals surface area contributed by atoms with E-state index in [1.165, 1.54) is 11.8 Å². The fourth-order valence-electron chi connectivity index (χ4n) is 1.86. The minimum absolute atomic E-state index is 0.126. The summed E-state index contributed by atoms with van der Waals surface area (Å²) in [7, 11) is 0. The Labute approximate surface area is 151 Å². The van der Waals surface area contributed by atoms with Crippen LogP contribution in [0.5, 0.6) is 0 Å². The van der Waals surface area contributed by atoms with E-state index in [0.29, 0.717) is 27.4 Å². The van der Waals surface area contributed by atoms with Crippen LogP contribution >= 0.6 is 35.0 Å². The lowest BCUT2D eigenvalue weighted by Gasteiger charge is -2.07. The van der Waals surface area contributed by atoms with Gasteiger partial charge in [0.1, 0.15) is 12.3 Å². The van der Waals surface area contributed by atoms with Gasteiger partial charge in [-0.1, -0.05) is 35.0 Å². The summed E-state index contributed by atoms with van der Waals surface area (Å²) in [5, 5.41) is 15.5. The summed E-state index contributed by atoms with van der Waals surface area (Å²) >= 11 is 13.1. The Balaban J connectivity index is 1.59. The van der Waals surface area contributed by atoms with Gasteiger partial charge in [0.15, 0.2) is 0 Å². The van der Waals surface area contributed by atoms with Gasteiger partial charge in [-0.25, -0.2) is 4.68 Å². The molecule has 24 heavy (non-hydrogen) atoms. The maximum absolute atomic E-state index is 12.1. The Kier molecular flexibility index (Phi) is 5.39. The molecule has 2 heterocycles. The van der Waals surface area contributed by atoms with Gasteiger partial charge in [-0.05, 0) is 40.8 Å². The molecule has 0 unspecified atom stereocenters. The number of carbonyl (C=O) groups excluding carboxylic acids is 1. The van der Waals surface area contributed by atoms with Crippen molar-refractivity contribution in [1.82, 2.24) is 20.2 Å². The molecule has 2 aromatic heterocycles. The van der Waals surface area contributed by atoms with Gasteiger partial charge in [-0.2, -0.15) is 0 Å². The maximum atomic E-state index is 12.1. The highest BCUT2D eigenvalue weighted by molar-refractivity contribution is 7.99. The number of rotatable bonds is 6. The van der Waals surface area contributed by atoms with Gasteiger partial charge in [0.25, 0.3) is 0 Å². The van der Waals surface area contributed by atoms with E-state index >= 15 is 0 Å². The molecule has 3 aromatic rings. The molecule has 10 heteroatoms. The molecule has 1 aromatic carbocycles. The van der Waals surface area contributed by atoms with Crippen LogP contribution in [0.3, 0.4) is 0 Å². The Hall–Kier alpha value is -2.03. The highest BCUT2D eigenvalue weighted by atomic mass is 35.5. The molecule has 7 nitrogen and oxygen atoms in total. The van der Waals surface area contributed by atoms with Crippen molar-refractivity contribution < 1.29 is 9.21 Å². The fourth-order valence-corrected chi connectivity index (χ4v) is 2.87. The number of hydrogen-bond donors (Lipinski definition) is 1. The van der Waals surface area contributed by atoms with Crippen molar-refractivity contribution in [2.75, 3.05) is 11.1 Å². The predicted molar refractivity (Wildman–Crippen MR) is 91.4 cm³/mol. The first kappa shape index (κ1) is 16.8. The monoisotopic (exact) mass is 383 g/mol. The zero-order valence-corrected chi connectivity index (χ0v) is 14.5. The van der Waals surface area contributed by atoms with Crippen molar-refractivity contribution >= 4 is 46.6 Å². The third-order valence-electron chi connectivity index (χ3n) is 2.92. The molecule has 0 aliphatic carbocycles. The van der Waals surface area contributed by atoms with Gasteiger partial charge >= 0.3 is 0 Å². The number of aromatic nitrogens is 4. The fraction of sp³-hybridized carbons (Fsp3) is 0.143. The number of thioether (sulfide) groups is 1. The molecular formula is C14H11Cl2N5O2S. The number of carbonyl (C=O) groups is 1. The average molecular weight is 384 g/mol. The summed E-state index contributed by atoms with van der Waals surface area (Å²) in [5.41, 5.74) is 0.463. The normalized spacial score (nSPS) is 10.8. The molecular weight excluding hydrogens is 373 g/mol. The number of hydrogen-bond acceptors (Lipinski definition) is 6. The number of nitrogens with zero attached hydrogens (tertiary/aromatic N) is 4. The van der Waals surface area contributed by atoms with Crippen LogP contribution in [0.2, 0.25) is 10.0 Å². The van der Waals surface area contributed by atoms with Crippen LogP contribution in [-0.2, 0) is 11.3 Å². The minimum Gasteiger partial charge on any atom is -0.467 e. The quantitative estimate of drug-likeness (QED) is 0.656. The second-order valence-corrected chi connectivity index (χ2v) is 6.45. The van der Waals surface area contributed by atoms with E-state index in [4.69, 9.17) is 27.6 Å². The van der Waals surface area contributed by atoms with Crippen molar-refractivity contribution in [1.29, 1.82) is 0 Å². The largest absolute Gasteiger partial charge is 0.467 e. The predicted octanol–water partition coefficient (Wildman–Crippen LogP) is 3.35. The zero-order valence-electron chi connectivity index (χ0n) is 12.1. The van der Waals surface area contributed by atoms with E-state index in [2.05, 4.69) is 20.8 Å². The standard InChI is InChI=1S/C14H11Cl2N5O2S/c15-9-3-4-11(16)12(6-9)17-13(22)8-24-14-18-19-20-21(14)7-10-2-1-5-23-10/h1-6H,7-8H2,(H,17,22). The SMILES string of the molecule is O=C(CSc1nnnn1Cc1ccco1)Nc1cc(Cl)ccc1Cl. The Morgan fingerprint density at radius 3 is 3.00 bits per heavy atom. The number of halogens is 2. The van der Waals surface area contributed by atoms with E-state index in [0.717, 1.165) is 5.76 Å². The lowest BCUT2D eigenvalue weighted by atomic mass is 10.3. The summed E-state index contributed by atoms with van der Waals surface area (Å²) < 4.78 is 6.82. The number of amides is 1. The zero-order chi connectivity index (χ0) is 16.9. The van der Waals surface area contributed by atoms with Gasteiger partial charge < -0.3 is 9.73 Å². The molecule has 0 fully saturated rings. The van der Waals surface area contributed by atoms with E-state index in [-0.39, 0.29) is 11.7 Å². The molecule has 1 amide bonds. The van der Waals surface area contributed by atoms with Gasteiger partial charge in [0.2, 0.25) is 11.1 Å². The molecule has 0 radical (unpaired) electrons. The molecule has 3 rings (SSSR count). The van der Waals surface area contributed by atoms with E-state index < -0.39 is 0 Å². The van der Waals surface area contributed by atoms with Crippen LogP contribution in [-0.4, -0.2) is 31.9 Å². The first-order chi connectivity index (χ1) is 11.6. The molecule has 0 aliphatic rings. The summed E-state index contributed by atoms with van der Waals surface area (Å²) in [6.07, 6.45) is 1.58. The highest BCUT2D eigenvalue weighted by Crippen LogP contribution is 2.26. The molecule has 0 atom stereocenters. The topological polar surface area (TPSA) is 85.8 Å². The first-order valence-electron chi connectivity index (χ1n) is 6.78. The molecule has 124 valence electrons. The van der Waals surface area contributed by atoms with E-state index in [1.807, 2.05) is 6.07 Å². The van der Waals surface area contributed by atoms with Gasteiger partial charge in [0, 0.05) is 5.02 Å². The highest BCUT2D eigenvalue weighted by Gasteiger charge is 2.12. The number of benzene rings is 1. The Morgan fingerprint density at radius 1 is 1.33 bits per heavy atom. The summed E-state index contributed by atoms with van der Waals surface area (Å²) in [5.74, 6) is 0.609. The van der Waals surface area contributed by atoms with Crippen LogP contribution in [0.15, 0.2) is 46.2 Å². The van der Waals surface area contributed by atoms with Crippen molar-refractivity contribution in [3.8, 4) is 0 Å². The van der Waals surface area contributed by atoms with Crippen molar-refractivity contribution in [3.63, 3.8) is 0 Å². The number of furan rings is 1. The summed E-state index contributed by atoms with van der Waals surface area (Å²) in [6.45, 7) is 0.393. The molecule has 0 saturated carbocycles. The molecule has 0 aliphatic heterocycles. The molecule has 1 N–H and O–H groups in total. The van der Waals surface area contributed by atoms with Crippen LogP contribution in [0.4, 0.5) is 5.69 Å². The van der Waals surface area contributed by atoms with Crippen molar-refractivity contribution in [2.45, 2.75) is 11.7 Å². The van der Waals surface area contributed by atoms with E-state index in [1.54, 1.807) is 35.2 Å². The van der Waals surface area contributed by atoms with Crippen molar-refractivity contribution in [2.24, 2.45) is 0 Å². The third-order valence-corrected chi connectivity index (χ3v) is 4.44. The van der Waals surface area contributed by atoms with Crippen molar-refractivity contribution in [3.05, 3.63) is 52.4 Å². The van der Waals surface area contributed by atoms with E-state index in [9.17, 15) is 4.79 Å². The third kappa shape index (κ3) is 4.28. The molecule has 0 bridgehead atoms. The Morgan fingerprint density at radius 2 is 2.21 bits per heavy atom. The van der Waals surface area contributed by atoms with Gasteiger partial charge in [-0.15, -0.1) is 5.10 Å². The number of nitrogens with one attached hydrogen (secondary N) is 1. The molecule has 0 saturated heterocycles. The number of anilines is 1. The smallest absolute Gasteiger partial charge is 0.234 e. The second kappa shape index (κ2) is 7.69. The number of tetrazole rings is 1. The van der Waals surface area contributed by atoms with Crippen LogP contribution < -0.4 is 5.32 Å². The average Bonchev–Trinajstić information content (AvgIpc) is 3.21. The summed E-state index contributed by atoms with van der Waals surface area (Å²) in [6, 6.07) is 8.47. The Bertz CT molecular complexity index is 838. The lowest BCUT2D eigenvalue weighted by molar-refractivity contribution is -0.113. The first-order valence-corrected chi connectivity index (χ1v) is 8.52. The maximum Gasteiger partial charge on any atom is 0.234 e. The summed E-state index contributed by atoms with van der Waals surface area (Å²) in [4.78, 5) is 12.1. The van der Waals surface area contributed by atoms with Crippen LogP contribution in [0.25, 0.3) is 0 Å². The second-order valence-electron chi connectivity index (χ2n) is 4.66. The lowest BCUT2D eigenvalue weighted by Crippen LogP contribution is -2.15. The van der Waals surface area contributed by atoms with Gasteiger partial charge in [0.05, 0.1) is 22.7 Å².